The van der Waals surface area contributed by atoms with Gasteiger partial charge >= 0.3 is 0 Å². The summed E-state index contributed by atoms with van der Waals surface area (Å²) in [6.45, 7) is 0.188. The SMILES string of the molecule is CN(C)C(=O)CNc1ccc(C(=O)NC2CC2)cn1. The van der Waals surface area contributed by atoms with Gasteiger partial charge in [-0.3, -0.25) is 9.59 Å². The Hall–Kier alpha value is -2.11. The topological polar surface area (TPSA) is 74.3 Å². The van der Waals surface area contributed by atoms with Crippen LogP contribution in [0, 0.1) is 0 Å². The number of rotatable bonds is 5. The molecule has 19 heavy (non-hydrogen) atoms. The molecule has 102 valence electrons. The summed E-state index contributed by atoms with van der Waals surface area (Å²) >= 11 is 0. The molecule has 6 heteroatoms. The first-order valence-electron chi connectivity index (χ1n) is 6.27. The summed E-state index contributed by atoms with van der Waals surface area (Å²) in [6, 6.07) is 3.74. The van der Waals surface area contributed by atoms with E-state index in [2.05, 4.69) is 15.6 Å². The van der Waals surface area contributed by atoms with E-state index < -0.39 is 0 Å². The molecule has 1 heterocycles. The molecule has 0 radical (unpaired) electrons. The molecular weight excluding hydrogens is 244 g/mol. The normalized spacial score (nSPS) is 13.8. The number of nitrogens with zero attached hydrogens (tertiary/aromatic N) is 2. The highest BCUT2D eigenvalue weighted by atomic mass is 16.2. The second-order valence-corrected chi connectivity index (χ2v) is 4.82. The van der Waals surface area contributed by atoms with Gasteiger partial charge in [-0.05, 0) is 25.0 Å². The van der Waals surface area contributed by atoms with E-state index in [4.69, 9.17) is 0 Å². The van der Waals surface area contributed by atoms with Gasteiger partial charge in [0.05, 0.1) is 12.1 Å². The van der Waals surface area contributed by atoms with Crippen LogP contribution in [0.2, 0.25) is 0 Å². The predicted molar refractivity (Wildman–Crippen MR) is 71.9 cm³/mol. The van der Waals surface area contributed by atoms with Crippen molar-refractivity contribution in [2.24, 2.45) is 0 Å². The van der Waals surface area contributed by atoms with E-state index >= 15 is 0 Å². The summed E-state index contributed by atoms with van der Waals surface area (Å²) < 4.78 is 0. The number of hydrogen-bond acceptors (Lipinski definition) is 4. The number of carbonyl (C=O) groups excluding carboxylic acids is 2. The molecule has 0 spiro atoms. The second-order valence-electron chi connectivity index (χ2n) is 4.82. The summed E-state index contributed by atoms with van der Waals surface area (Å²) in [5.74, 6) is 0.460. The van der Waals surface area contributed by atoms with Crippen molar-refractivity contribution in [2.75, 3.05) is 26.0 Å². The van der Waals surface area contributed by atoms with E-state index in [0.29, 0.717) is 17.4 Å². The highest BCUT2D eigenvalue weighted by molar-refractivity contribution is 5.94. The third kappa shape index (κ3) is 3.94. The van der Waals surface area contributed by atoms with Crippen LogP contribution in [0.3, 0.4) is 0 Å². The number of amides is 2. The van der Waals surface area contributed by atoms with Gasteiger partial charge < -0.3 is 15.5 Å². The average Bonchev–Trinajstić information content (AvgIpc) is 3.20. The third-order valence-corrected chi connectivity index (χ3v) is 2.86. The van der Waals surface area contributed by atoms with Gasteiger partial charge in [-0.25, -0.2) is 4.98 Å². The van der Waals surface area contributed by atoms with E-state index in [0.717, 1.165) is 12.8 Å². The van der Waals surface area contributed by atoms with Crippen molar-refractivity contribution in [3.8, 4) is 0 Å². The van der Waals surface area contributed by atoms with Crippen molar-refractivity contribution in [1.82, 2.24) is 15.2 Å². The molecule has 1 aliphatic carbocycles. The molecule has 1 aromatic rings. The Labute approximate surface area is 112 Å². The standard InChI is InChI=1S/C13H18N4O2/c1-17(2)12(18)8-15-11-6-3-9(7-14-11)13(19)16-10-4-5-10/h3,6-7,10H,4-5,8H2,1-2H3,(H,14,15)(H,16,19). The third-order valence-electron chi connectivity index (χ3n) is 2.86. The van der Waals surface area contributed by atoms with Gasteiger partial charge in [0, 0.05) is 26.3 Å². The van der Waals surface area contributed by atoms with Gasteiger partial charge in [-0.2, -0.15) is 0 Å². The van der Waals surface area contributed by atoms with Crippen molar-refractivity contribution in [1.29, 1.82) is 0 Å². The summed E-state index contributed by atoms with van der Waals surface area (Å²) in [6.07, 6.45) is 3.64. The molecule has 1 aromatic heterocycles. The fraction of sp³-hybridized carbons (Fsp3) is 0.462. The lowest BCUT2D eigenvalue weighted by Gasteiger charge is -2.11. The van der Waals surface area contributed by atoms with Crippen molar-refractivity contribution in [3.63, 3.8) is 0 Å². The van der Waals surface area contributed by atoms with Gasteiger partial charge in [0.1, 0.15) is 5.82 Å². The van der Waals surface area contributed by atoms with Gasteiger partial charge in [-0.1, -0.05) is 0 Å². The Morgan fingerprint density at radius 3 is 2.63 bits per heavy atom. The maximum absolute atomic E-state index is 11.7. The highest BCUT2D eigenvalue weighted by Crippen LogP contribution is 2.19. The quantitative estimate of drug-likeness (QED) is 0.809. The molecule has 1 fully saturated rings. The summed E-state index contributed by atoms with van der Waals surface area (Å²) in [5, 5.41) is 5.81. The van der Waals surface area contributed by atoms with Crippen molar-refractivity contribution >= 4 is 17.6 Å². The number of aromatic nitrogens is 1. The van der Waals surface area contributed by atoms with Crippen LogP contribution in [0.1, 0.15) is 23.2 Å². The van der Waals surface area contributed by atoms with E-state index in [1.54, 1.807) is 26.2 Å². The first kappa shape index (κ1) is 13.3. The van der Waals surface area contributed by atoms with Crippen LogP contribution >= 0.6 is 0 Å². The first-order chi connectivity index (χ1) is 9.06. The maximum Gasteiger partial charge on any atom is 0.253 e. The average molecular weight is 262 g/mol. The van der Waals surface area contributed by atoms with E-state index in [1.807, 2.05) is 0 Å². The van der Waals surface area contributed by atoms with Crippen LogP contribution in [-0.2, 0) is 4.79 Å². The van der Waals surface area contributed by atoms with Gasteiger partial charge in [0.2, 0.25) is 5.91 Å². The van der Waals surface area contributed by atoms with Crippen LogP contribution in [0.4, 0.5) is 5.82 Å². The van der Waals surface area contributed by atoms with Gasteiger partial charge in [0.15, 0.2) is 0 Å². The van der Waals surface area contributed by atoms with E-state index in [9.17, 15) is 9.59 Å². The molecule has 0 aromatic carbocycles. The molecule has 0 unspecified atom stereocenters. The zero-order chi connectivity index (χ0) is 13.8. The number of hydrogen-bond donors (Lipinski definition) is 2. The van der Waals surface area contributed by atoms with Gasteiger partial charge in [0.25, 0.3) is 5.91 Å². The molecule has 2 rings (SSSR count). The lowest BCUT2D eigenvalue weighted by molar-refractivity contribution is -0.126. The molecule has 2 N–H and O–H groups in total. The molecule has 0 aliphatic heterocycles. The minimum atomic E-state index is -0.0917. The lowest BCUT2D eigenvalue weighted by atomic mass is 10.2. The summed E-state index contributed by atoms with van der Waals surface area (Å²) in [4.78, 5) is 28.7. The Balaban J connectivity index is 1.86. The molecule has 0 atom stereocenters. The molecular formula is C13H18N4O2. The molecule has 1 saturated carbocycles. The van der Waals surface area contributed by atoms with Crippen LogP contribution in [0.5, 0.6) is 0 Å². The number of likely N-dealkylation sites (N-methyl/N-ethyl adjacent to an activating group) is 1. The second kappa shape index (κ2) is 5.69. The Morgan fingerprint density at radius 2 is 2.11 bits per heavy atom. The number of carbonyl (C=O) groups is 2. The smallest absolute Gasteiger partial charge is 0.253 e. The number of nitrogens with one attached hydrogen (secondary N) is 2. The van der Waals surface area contributed by atoms with Crippen LogP contribution < -0.4 is 10.6 Å². The zero-order valence-corrected chi connectivity index (χ0v) is 11.1. The molecule has 1 aliphatic rings. The Morgan fingerprint density at radius 1 is 1.37 bits per heavy atom. The number of anilines is 1. The lowest BCUT2D eigenvalue weighted by Crippen LogP contribution is -2.29. The van der Waals surface area contributed by atoms with E-state index in [1.165, 1.54) is 11.1 Å². The fourth-order valence-corrected chi connectivity index (χ4v) is 1.45. The summed E-state index contributed by atoms with van der Waals surface area (Å²) in [5.41, 5.74) is 0.538. The van der Waals surface area contributed by atoms with Crippen molar-refractivity contribution in [2.45, 2.75) is 18.9 Å². The monoisotopic (exact) mass is 262 g/mol. The van der Waals surface area contributed by atoms with Crippen LogP contribution in [-0.4, -0.2) is 48.4 Å². The highest BCUT2D eigenvalue weighted by Gasteiger charge is 2.23. The largest absolute Gasteiger partial charge is 0.361 e. The molecule has 6 nitrogen and oxygen atoms in total. The first-order valence-corrected chi connectivity index (χ1v) is 6.27. The van der Waals surface area contributed by atoms with Gasteiger partial charge in [-0.15, -0.1) is 0 Å². The molecule has 0 saturated heterocycles. The van der Waals surface area contributed by atoms with Crippen molar-refractivity contribution in [3.05, 3.63) is 23.9 Å². The predicted octanol–water partition coefficient (Wildman–Crippen LogP) is 0.474. The maximum atomic E-state index is 11.7. The van der Waals surface area contributed by atoms with Crippen LogP contribution in [0.25, 0.3) is 0 Å². The Kier molecular flexibility index (Phi) is 3.99. The van der Waals surface area contributed by atoms with Crippen molar-refractivity contribution < 1.29 is 9.59 Å². The summed E-state index contributed by atoms with van der Waals surface area (Å²) in [7, 11) is 3.39. The van der Waals surface area contributed by atoms with E-state index in [-0.39, 0.29) is 18.4 Å². The minimum absolute atomic E-state index is 0.0302. The number of pyridine rings is 1. The fourth-order valence-electron chi connectivity index (χ4n) is 1.45. The Bertz CT molecular complexity index is 466. The minimum Gasteiger partial charge on any atom is -0.361 e. The molecule has 0 bridgehead atoms. The zero-order valence-electron chi connectivity index (χ0n) is 11.1. The molecule has 2 amide bonds. The van der Waals surface area contributed by atoms with Crippen LogP contribution in [0.15, 0.2) is 18.3 Å².